The van der Waals surface area contributed by atoms with Crippen LogP contribution in [0.2, 0.25) is 0 Å². The molecule has 0 fully saturated rings. The van der Waals surface area contributed by atoms with Gasteiger partial charge in [0.1, 0.15) is 0 Å². The summed E-state index contributed by atoms with van der Waals surface area (Å²) in [6.45, 7) is 16.5. The highest BCUT2D eigenvalue weighted by Crippen LogP contribution is 2.54. The van der Waals surface area contributed by atoms with Gasteiger partial charge in [0.25, 0.3) is 0 Å². The van der Waals surface area contributed by atoms with E-state index in [4.69, 9.17) is 0 Å². The van der Waals surface area contributed by atoms with Gasteiger partial charge in [-0.15, -0.1) is 0 Å². The Hall–Kier alpha value is -14.6. The molecule has 4 aromatic heterocycles. The van der Waals surface area contributed by atoms with E-state index in [1.54, 1.807) is 0 Å². The van der Waals surface area contributed by atoms with Crippen molar-refractivity contribution < 1.29 is 0 Å². The van der Waals surface area contributed by atoms with Crippen molar-refractivity contribution in [3.05, 3.63) is 410 Å². The number of aromatic nitrogens is 2. The highest BCUT2D eigenvalue weighted by Gasteiger charge is 2.37. The summed E-state index contributed by atoms with van der Waals surface area (Å²) in [4.78, 5) is 4.68. The van der Waals surface area contributed by atoms with Crippen LogP contribution in [0.15, 0.2) is 382 Å². The first-order valence-electron chi connectivity index (χ1n) is 42.2. The molecule has 2 aliphatic rings. The van der Waals surface area contributed by atoms with Crippen molar-refractivity contribution in [3.63, 3.8) is 0 Å². The van der Waals surface area contributed by atoms with E-state index in [2.05, 4.69) is 449 Å². The molecule has 2 aliphatic carbocycles. The second-order valence-corrected chi connectivity index (χ2v) is 35.7. The van der Waals surface area contributed by atoms with Crippen molar-refractivity contribution in [2.24, 2.45) is 0 Å². The fourth-order valence-electron chi connectivity index (χ4n) is 20.9. The van der Waals surface area contributed by atoms with Crippen LogP contribution in [0.3, 0.4) is 0 Å². The van der Waals surface area contributed by atoms with E-state index < -0.39 is 0 Å². The zero-order valence-electron chi connectivity index (χ0n) is 68.2. The molecule has 0 N–H and O–H groups in total. The second-order valence-electron chi connectivity index (χ2n) is 35.7. The van der Waals surface area contributed by atoms with Crippen LogP contribution in [0.5, 0.6) is 0 Å². The predicted octanol–water partition coefficient (Wildman–Crippen LogP) is 32.1. The van der Waals surface area contributed by atoms with Gasteiger partial charge < -0.3 is 18.6 Å². The monoisotopic (exact) mass is 1530 g/mol. The molecular weight excluding hydrogens is 1450 g/mol. The number of para-hydroxylation sites is 4. The number of anilines is 6. The summed E-state index contributed by atoms with van der Waals surface area (Å²) >= 11 is 0. The Bertz CT molecular complexity index is 7640. The van der Waals surface area contributed by atoms with E-state index in [0.29, 0.717) is 0 Å². The fourth-order valence-corrected chi connectivity index (χ4v) is 20.9. The third-order valence-corrected chi connectivity index (χ3v) is 27.0. The van der Waals surface area contributed by atoms with Gasteiger partial charge in [0, 0.05) is 88.0 Å². The average Bonchev–Trinajstić information content (AvgIpc) is 1.55. The van der Waals surface area contributed by atoms with Gasteiger partial charge in [0.05, 0.1) is 33.1 Å². The summed E-state index contributed by atoms with van der Waals surface area (Å²) in [7, 11) is 0. The minimum Gasteiger partial charge on any atom is -0.310 e. The maximum atomic E-state index is 2.57. The summed E-state index contributed by atoms with van der Waals surface area (Å²) in [5, 5.41) is 20.3. The highest BCUT2D eigenvalue weighted by atomic mass is 15.1. The molecule has 0 aliphatic heterocycles. The van der Waals surface area contributed by atoms with Gasteiger partial charge in [-0.1, -0.05) is 261 Å². The van der Waals surface area contributed by atoms with E-state index in [-0.39, 0.29) is 16.2 Å². The van der Waals surface area contributed by atoms with Crippen molar-refractivity contribution in [1.82, 2.24) is 8.80 Å². The van der Waals surface area contributed by atoms with E-state index >= 15 is 0 Å². The summed E-state index contributed by atoms with van der Waals surface area (Å²) in [5.41, 5.74) is 34.2. The molecule has 4 heterocycles. The van der Waals surface area contributed by atoms with Crippen LogP contribution in [-0.2, 0) is 16.2 Å². The maximum Gasteiger partial charge on any atom is 0.0620 e. The van der Waals surface area contributed by atoms with Crippen molar-refractivity contribution in [2.45, 2.75) is 64.7 Å². The van der Waals surface area contributed by atoms with Gasteiger partial charge in [-0.3, -0.25) is 0 Å². The SMILES string of the molecule is CC(C)(C)c1cc2c3cc4ccc(-c5ccc6c(c5)C(C)(C)c5ccccc5-6)cc4cc3n3c4cc5cc(-c6ccc7c(c6)C(C)(C)c6ccccc6-7)ccc5cc4c(c1)c23.c1ccc(-c2cc3c4cc5ccc(N(c6ccccc6)c6ccccc6)cc5cc4n4c5cc6cc(N(c7ccccc7)c7ccccc7)ccc6cc5c(c2)c34)cc1. The van der Waals surface area contributed by atoms with E-state index in [9.17, 15) is 0 Å². The third-order valence-electron chi connectivity index (χ3n) is 27.0. The van der Waals surface area contributed by atoms with Gasteiger partial charge >= 0.3 is 0 Å². The minimum atomic E-state index is -0.0340. The van der Waals surface area contributed by atoms with Crippen molar-refractivity contribution in [1.29, 1.82) is 0 Å². The number of nitrogens with zero attached hydrogens (tertiary/aromatic N) is 4. The number of fused-ring (bicyclic) bond motifs is 22. The van der Waals surface area contributed by atoms with E-state index in [1.807, 2.05) is 0 Å². The molecule has 0 atom stereocenters. The van der Waals surface area contributed by atoms with Gasteiger partial charge in [0.2, 0.25) is 0 Å². The Morgan fingerprint density at radius 3 is 0.875 bits per heavy atom. The lowest BCUT2D eigenvalue weighted by Crippen LogP contribution is -2.14. The van der Waals surface area contributed by atoms with Crippen molar-refractivity contribution >= 4 is 153 Å². The lowest BCUT2D eigenvalue weighted by atomic mass is 9.81. The zero-order valence-corrected chi connectivity index (χ0v) is 68.2. The topological polar surface area (TPSA) is 15.3 Å². The van der Waals surface area contributed by atoms with Crippen LogP contribution in [0, 0.1) is 0 Å². The first kappa shape index (κ1) is 69.7. The van der Waals surface area contributed by atoms with Crippen molar-refractivity contribution in [2.75, 3.05) is 9.80 Å². The third kappa shape index (κ3) is 10.6. The number of rotatable bonds is 9. The van der Waals surface area contributed by atoms with E-state index in [1.165, 1.54) is 203 Å². The number of benzene rings is 19. The molecule has 0 radical (unpaired) electrons. The summed E-state index contributed by atoms with van der Waals surface area (Å²) in [5.74, 6) is 0. The van der Waals surface area contributed by atoms with Crippen LogP contribution >= 0.6 is 0 Å². The molecule has 4 nitrogen and oxygen atoms in total. The van der Waals surface area contributed by atoms with Crippen molar-refractivity contribution in [3.8, 4) is 55.6 Å². The first-order valence-corrected chi connectivity index (χ1v) is 42.2. The Morgan fingerprint density at radius 1 is 0.208 bits per heavy atom. The Morgan fingerprint density at radius 2 is 0.508 bits per heavy atom. The van der Waals surface area contributed by atoms with Gasteiger partial charge in [-0.05, 0) is 302 Å². The Kier molecular flexibility index (Phi) is 15.1. The minimum absolute atomic E-state index is 0.0109. The molecule has 19 aromatic carbocycles. The zero-order chi connectivity index (χ0) is 80.2. The smallest absolute Gasteiger partial charge is 0.0620 e. The molecule has 23 aromatic rings. The van der Waals surface area contributed by atoms with Crippen LogP contribution in [-0.4, -0.2) is 8.80 Å². The molecule has 0 saturated heterocycles. The maximum absolute atomic E-state index is 2.57. The molecular formula is C116H84N4. The summed E-state index contributed by atoms with van der Waals surface area (Å²) in [6, 6.07) is 143. The molecule has 0 spiro atoms. The van der Waals surface area contributed by atoms with Gasteiger partial charge in [-0.2, -0.15) is 0 Å². The highest BCUT2D eigenvalue weighted by molar-refractivity contribution is 6.29. The van der Waals surface area contributed by atoms with Crippen LogP contribution < -0.4 is 9.80 Å². The molecule has 25 rings (SSSR count). The number of hydrogen-bond donors (Lipinski definition) is 0. The molecule has 4 heteroatoms. The van der Waals surface area contributed by atoms with Crippen LogP contribution in [0.4, 0.5) is 34.1 Å². The van der Waals surface area contributed by atoms with Gasteiger partial charge in [0.15, 0.2) is 0 Å². The lowest BCUT2D eigenvalue weighted by molar-refractivity contribution is 0.592. The normalized spacial score (nSPS) is 13.4. The second kappa shape index (κ2) is 26.0. The first-order chi connectivity index (χ1) is 58.6. The van der Waals surface area contributed by atoms with Crippen LogP contribution in [0.25, 0.3) is 175 Å². The standard InChI is InChI=1S/C60H47N.C56H37N3/c1-58(2,3)42-32-49-47-26-36-18-16-34(38-20-22-45-43-12-8-10-14-51(43)59(4,5)53(45)28-38)24-40(36)30-55(47)61-56-31-41-25-35(17-19-37(41)27-48(56)50(33-42)57(49)61)39-21-23-46-44-13-9-11-15-52(44)60(6,7)54(46)29-39;1-6-16-38(17-7-1)43-34-52-50-32-39-26-28-48(57(44-18-8-2-9-19-44)45-20-10-3-11-21-45)30-41(39)36-54(50)59-55-37-42-31-49(29-27-40(42)33-51(55)53(35-43)56(52)59)58(46-22-12-4-13-23-46)47-24-14-5-15-25-47/h8-33H,1-7H3;1-37H. The summed E-state index contributed by atoms with van der Waals surface area (Å²) in [6.07, 6.45) is 0. The lowest BCUT2D eigenvalue weighted by Gasteiger charge is -2.25. The Labute approximate surface area is 697 Å². The van der Waals surface area contributed by atoms with Gasteiger partial charge in [-0.25, -0.2) is 0 Å². The molecule has 120 heavy (non-hydrogen) atoms. The quantitative estimate of drug-likeness (QED) is 0.143. The Balaban J connectivity index is 0.000000136. The average molecular weight is 1530 g/mol. The summed E-state index contributed by atoms with van der Waals surface area (Å²) < 4.78 is 5.10. The molecule has 0 bridgehead atoms. The predicted molar refractivity (Wildman–Crippen MR) is 512 cm³/mol. The number of hydrogen-bond acceptors (Lipinski definition) is 2. The molecule has 0 amide bonds. The molecule has 568 valence electrons. The fraction of sp³-hybridized carbons (Fsp3) is 0.0862. The van der Waals surface area contributed by atoms with E-state index in [0.717, 1.165) is 34.1 Å². The molecule has 0 saturated carbocycles. The molecule has 0 unspecified atom stereocenters. The van der Waals surface area contributed by atoms with Crippen LogP contribution in [0.1, 0.15) is 76.3 Å². The largest absolute Gasteiger partial charge is 0.310 e.